The van der Waals surface area contributed by atoms with Crippen molar-refractivity contribution in [3.8, 4) is 28.6 Å². The van der Waals surface area contributed by atoms with Crippen LogP contribution in [0.4, 0.5) is 0 Å². The van der Waals surface area contributed by atoms with Crippen LogP contribution in [-0.2, 0) is 0 Å². The third-order valence-corrected chi connectivity index (χ3v) is 9.52. The first-order valence-corrected chi connectivity index (χ1v) is 15.7. The Morgan fingerprint density at radius 2 is 1.02 bits per heavy atom. The van der Waals surface area contributed by atoms with Gasteiger partial charge < -0.3 is 13.6 Å². The van der Waals surface area contributed by atoms with E-state index >= 15 is 0 Å². The molecule has 0 saturated heterocycles. The Kier molecular flexibility index (Phi) is 5.32. The maximum Gasteiger partial charge on any atom is 0.145 e. The van der Waals surface area contributed by atoms with E-state index < -0.39 is 0 Å². The molecular formula is C43H25N3O. The molecule has 3 heterocycles. The van der Waals surface area contributed by atoms with Gasteiger partial charge in [-0.15, -0.1) is 0 Å². The van der Waals surface area contributed by atoms with Crippen molar-refractivity contribution in [1.29, 1.82) is 5.26 Å². The van der Waals surface area contributed by atoms with Gasteiger partial charge in [0.15, 0.2) is 0 Å². The first-order valence-electron chi connectivity index (χ1n) is 15.7. The van der Waals surface area contributed by atoms with E-state index in [0.717, 1.165) is 66.2 Å². The van der Waals surface area contributed by atoms with E-state index in [9.17, 15) is 5.26 Å². The van der Waals surface area contributed by atoms with Crippen LogP contribution in [-0.4, -0.2) is 9.13 Å². The molecule has 0 aliphatic carbocycles. The summed E-state index contributed by atoms with van der Waals surface area (Å²) in [5, 5.41) is 16.2. The van der Waals surface area contributed by atoms with Crippen molar-refractivity contribution in [1.82, 2.24) is 9.13 Å². The number of nitrogens with zero attached hydrogens (tertiary/aromatic N) is 3. The zero-order valence-electron chi connectivity index (χ0n) is 25.2. The van der Waals surface area contributed by atoms with E-state index in [1.807, 2.05) is 18.2 Å². The minimum absolute atomic E-state index is 0.627. The van der Waals surface area contributed by atoms with Crippen LogP contribution in [0.15, 0.2) is 156 Å². The fraction of sp³-hybridized carbons (Fsp3) is 0. The van der Waals surface area contributed by atoms with Gasteiger partial charge in [0, 0.05) is 38.3 Å². The molecule has 0 radical (unpaired) electrons. The van der Waals surface area contributed by atoms with Crippen molar-refractivity contribution >= 4 is 65.6 Å². The average molecular weight is 600 g/mol. The Bertz CT molecular complexity index is 2880. The minimum Gasteiger partial charge on any atom is -0.455 e. The fourth-order valence-corrected chi connectivity index (χ4v) is 7.48. The van der Waals surface area contributed by atoms with Crippen LogP contribution >= 0.6 is 0 Å². The summed E-state index contributed by atoms with van der Waals surface area (Å²) in [6.07, 6.45) is 0. The molecule has 47 heavy (non-hydrogen) atoms. The highest BCUT2D eigenvalue weighted by molar-refractivity contribution is 6.24. The molecule has 0 aliphatic rings. The van der Waals surface area contributed by atoms with Crippen molar-refractivity contribution in [3.05, 3.63) is 157 Å². The van der Waals surface area contributed by atoms with Gasteiger partial charge in [-0.3, -0.25) is 0 Å². The molecule has 0 saturated carbocycles. The summed E-state index contributed by atoms with van der Waals surface area (Å²) < 4.78 is 11.2. The molecular weight excluding hydrogens is 574 g/mol. The van der Waals surface area contributed by atoms with E-state index in [1.165, 1.54) is 21.8 Å². The van der Waals surface area contributed by atoms with Crippen LogP contribution in [0.5, 0.6) is 0 Å². The number of nitriles is 1. The molecule has 218 valence electrons. The Morgan fingerprint density at radius 1 is 0.447 bits per heavy atom. The second kappa shape index (κ2) is 9.71. The minimum atomic E-state index is 0.627. The molecule has 0 spiro atoms. The van der Waals surface area contributed by atoms with Crippen molar-refractivity contribution in [2.45, 2.75) is 0 Å². The highest BCUT2D eigenvalue weighted by atomic mass is 16.3. The summed E-state index contributed by atoms with van der Waals surface area (Å²) in [7, 11) is 0. The van der Waals surface area contributed by atoms with Crippen molar-refractivity contribution in [3.63, 3.8) is 0 Å². The lowest BCUT2D eigenvalue weighted by Gasteiger charge is -2.12. The molecule has 3 aromatic heterocycles. The third kappa shape index (κ3) is 3.69. The summed E-state index contributed by atoms with van der Waals surface area (Å²) in [5.41, 5.74) is 11.4. The smallest absolute Gasteiger partial charge is 0.145 e. The molecule has 10 rings (SSSR count). The first-order chi connectivity index (χ1) is 23.3. The number of benzene rings is 7. The molecule has 4 nitrogen and oxygen atoms in total. The number of para-hydroxylation sites is 3. The normalized spacial score (nSPS) is 11.8. The number of hydrogen-bond acceptors (Lipinski definition) is 2. The molecule has 0 amide bonds. The Morgan fingerprint density at radius 3 is 1.66 bits per heavy atom. The lowest BCUT2D eigenvalue weighted by molar-refractivity contribution is 0.673. The number of aromatic nitrogens is 2. The topological polar surface area (TPSA) is 46.8 Å². The quantitative estimate of drug-likeness (QED) is 0.203. The van der Waals surface area contributed by atoms with E-state index in [4.69, 9.17) is 4.42 Å². The van der Waals surface area contributed by atoms with Crippen LogP contribution in [0.25, 0.3) is 88.1 Å². The second-order valence-electron chi connectivity index (χ2n) is 12.1. The highest BCUT2D eigenvalue weighted by Crippen LogP contribution is 2.41. The zero-order valence-corrected chi connectivity index (χ0v) is 25.2. The predicted octanol–water partition coefficient (Wildman–Crippen LogP) is 11.3. The summed E-state index contributed by atoms with van der Waals surface area (Å²) in [5.74, 6) is 0. The van der Waals surface area contributed by atoms with E-state index in [-0.39, 0.29) is 0 Å². The van der Waals surface area contributed by atoms with Crippen LogP contribution in [0.2, 0.25) is 0 Å². The average Bonchev–Trinajstić information content (AvgIpc) is 3.79. The molecule has 0 atom stereocenters. The van der Waals surface area contributed by atoms with Crippen molar-refractivity contribution < 1.29 is 4.42 Å². The molecule has 0 N–H and O–H groups in total. The summed E-state index contributed by atoms with van der Waals surface area (Å²) in [4.78, 5) is 0. The first kappa shape index (κ1) is 25.7. The van der Waals surface area contributed by atoms with Gasteiger partial charge in [-0.25, -0.2) is 0 Å². The van der Waals surface area contributed by atoms with E-state index in [1.54, 1.807) is 0 Å². The van der Waals surface area contributed by atoms with Crippen molar-refractivity contribution in [2.24, 2.45) is 0 Å². The molecule has 10 aromatic rings. The molecule has 0 aliphatic heterocycles. The van der Waals surface area contributed by atoms with E-state index in [2.05, 4.69) is 149 Å². The van der Waals surface area contributed by atoms with Gasteiger partial charge >= 0.3 is 0 Å². The van der Waals surface area contributed by atoms with Crippen LogP contribution < -0.4 is 0 Å². The Balaban J connectivity index is 1.17. The molecule has 0 fully saturated rings. The van der Waals surface area contributed by atoms with Gasteiger partial charge in [-0.05, 0) is 83.9 Å². The highest BCUT2D eigenvalue weighted by Gasteiger charge is 2.19. The molecule has 7 aromatic carbocycles. The summed E-state index contributed by atoms with van der Waals surface area (Å²) in [6, 6.07) is 55.6. The third-order valence-electron chi connectivity index (χ3n) is 9.52. The number of rotatable bonds is 3. The second-order valence-corrected chi connectivity index (χ2v) is 12.1. The summed E-state index contributed by atoms with van der Waals surface area (Å²) >= 11 is 0. The van der Waals surface area contributed by atoms with Crippen molar-refractivity contribution in [2.75, 3.05) is 0 Å². The predicted molar refractivity (Wildman–Crippen MR) is 193 cm³/mol. The van der Waals surface area contributed by atoms with Crippen LogP contribution in [0.3, 0.4) is 0 Å². The van der Waals surface area contributed by atoms with Gasteiger partial charge in [-0.1, -0.05) is 78.9 Å². The number of furan rings is 1. The summed E-state index contributed by atoms with van der Waals surface area (Å²) in [6.45, 7) is 0. The largest absolute Gasteiger partial charge is 0.455 e. The lowest BCUT2D eigenvalue weighted by atomic mass is 10.0. The Hall–Kier alpha value is -6.57. The van der Waals surface area contributed by atoms with Crippen LogP contribution in [0.1, 0.15) is 5.56 Å². The molecule has 0 unspecified atom stereocenters. The maximum absolute atomic E-state index is 9.52. The lowest BCUT2D eigenvalue weighted by Crippen LogP contribution is -1.96. The van der Waals surface area contributed by atoms with Crippen LogP contribution in [0, 0.1) is 11.3 Å². The van der Waals surface area contributed by atoms with Gasteiger partial charge in [0.25, 0.3) is 0 Å². The molecule has 4 heteroatoms. The maximum atomic E-state index is 9.52. The Labute approximate surface area is 269 Å². The number of fused-ring (bicyclic) bond motifs is 10. The van der Waals surface area contributed by atoms with Gasteiger partial charge in [0.1, 0.15) is 11.2 Å². The van der Waals surface area contributed by atoms with E-state index in [0.29, 0.717) is 5.56 Å². The molecule has 0 bridgehead atoms. The van der Waals surface area contributed by atoms with Gasteiger partial charge in [0.05, 0.1) is 39.1 Å². The zero-order chi connectivity index (χ0) is 31.1. The van der Waals surface area contributed by atoms with Gasteiger partial charge in [-0.2, -0.15) is 5.26 Å². The number of hydrogen-bond donors (Lipinski definition) is 0. The monoisotopic (exact) mass is 599 g/mol. The fourth-order valence-electron chi connectivity index (χ4n) is 7.48. The SMILES string of the molecule is N#Cc1ccc2oc3c(ccc4c3c3ccccc3n4-c3cccc(-c4cccc(-n5c6ccccc6c6ccccc65)c4)c3)c2c1. The van der Waals surface area contributed by atoms with Gasteiger partial charge in [0.2, 0.25) is 0 Å². The standard InChI is InChI=1S/C43H25N3O/c44-26-27-19-22-41-36(23-27)34-20-21-40-42(43(34)47-41)35-15-3-6-18-39(35)46(40)31-12-8-10-29(25-31)28-9-7-11-30(24-28)45-37-16-4-1-13-32(37)33-14-2-5-17-38(33)45/h1-25H.